The van der Waals surface area contributed by atoms with Crippen LogP contribution < -0.4 is 5.32 Å². The quantitative estimate of drug-likeness (QED) is 0.689. The number of nitrogens with one attached hydrogen (secondary N) is 1. The summed E-state index contributed by atoms with van der Waals surface area (Å²) in [5.41, 5.74) is 0.616. The predicted octanol–water partition coefficient (Wildman–Crippen LogP) is 2.46. The van der Waals surface area contributed by atoms with E-state index in [-0.39, 0.29) is 17.5 Å². The Labute approximate surface area is 117 Å². The molecule has 102 valence electrons. The van der Waals surface area contributed by atoms with Crippen molar-refractivity contribution in [3.05, 3.63) is 34.4 Å². The highest BCUT2D eigenvalue weighted by atomic mass is 32.1. The summed E-state index contributed by atoms with van der Waals surface area (Å²) in [5, 5.41) is 22.2. The molecule has 1 amide bonds. The average Bonchev–Trinajstić information content (AvgIpc) is 3.20. The molecule has 1 aromatic heterocycles. The van der Waals surface area contributed by atoms with Crippen molar-refractivity contribution in [2.75, 3.05) is 5.32 Å². The van der Waals surface area contributed by atoms with Crippen LogP contribution in [-0.2, 0) is 4.79 Å². The predicted molar refractivity (Wildman–Crippen MR) is 73.4 cm³/mol. The number of non-ortho nitro benzene ring substituents is 1. The Hall–Kier alpha value is -2.35. The SMILES string of the molecule is O=C(Nc1nnc(-c2cccc([N+](=O)[O-])c2)s1)C1CC1. The van der Waals surface area contributed by atoms with Gasteiger partial charge in [-0.3, -0.25) is 14.9 Å². The molecule has 1 aromatic carbocycles. The van der Waals surface area contributed by atoms with E-state index in [0.717, 1.165) is 12.8 Å². The third-order valence-electron chi connectivity index (χ3n) is 2.91. The zero-order chi connectivity index (χ0) is 14.1. The minimum atomic E-state index is -0.458. The molecule has 0 bridgehead atoms. The van der Waals surface area contributed by atoms with E-state index in [2.05, 4.69) is 15.5 Å². The molecule has 8 heteroatoms. The van der Waals surface area contributed by atoms with Crippen molar-refractivity contribution in [2.24, 2.45) is 5.92 Å². The molecule has 1 N–H and O–H groups in total. The Morgan fingerprint density at radius 2 is 2.20 bits per heavy atom. The van der Waals surface area contributed by atoms with Crippen LogP contribution in [0.3, 0.4) is 0 Å². The minimum Gasteiger partial charge on any atom is -0.300 e. The molecule has 1 aliphatic rings. The smallest absolute Gasteiger partial charge is 0.270 e. The van der Waals surface area contributed by atoms with Gasteiger partial charge in [0.2, 0.25) is 11.0 Å². The molecular weight excluding hydrogens is 280 g/mol. The van der Waals surface area contributed by atoms with Crippen LogP contribution in [0.4, 0.5) is 10.8 Å². The fourth-order valence-electron chi connectivity index (χ4n) is 1.70. The Balaban J connectivity index is 1.80. The third kappa shape index (κ3) is 2.64. The molecular formula is C12H10N4O3S. The Kier molecular flexibility index (Phi) is 3.15. The number of carbonyl (C=O) groups excluding carboxylic acids is 1. The number of rotatable bonds is 4. The Morgan fingerprint density at radius 1 is 1.40 bits per heavy atom. The monoisotopic (exact) mass is 290 g/mol. The van der Waals surface area contributed by atoms with E-state index in [1.165, 1.54) is 23.5 Å². The number of carbonyl (C=O) groups is 1. The molecule has 0 unspecified atom stereocenters. The van der Waals surface area contributed by atoms with Gasteiger partial charge in [0.15, 0.2) is 0 Å². The lowest BCUT2D eigenvalue weighted by atomic mass is 10.2. The van der Waals surface area contributed by atoms with Crippen molar-refractivity contribution < 1.29 is 9.72 Å². The van der Waals surface area contributed by atoms with E-state index < -0.39 is 4.92 Å². The van der Waals surface area contributed by atoms with Gasteiger partial charge in [0.05, 0.1) is 4.92 Å². The number of nitro benzene ring substituents is 1. The van der Waals surface area contributed by atoms with Crippen LogP contribution in [0.15, 0.2) is 24.3 Å². The molecule has 0 aliphatic heterocycles. The molecule has 20 heavy (non-hydrogen) atoms. The molecule has 3 rings (SSSR count). The number of amides is 1. The number of nitro groups is 1. The van der Waals surface area contributed by atoms with Crippen molar-refractivity contribution in [3.63, 3.8) is 0 Å². The molecule has 1 fully saturated rings. The first-order chi connectivity index (χ1) is 9.63. The van der Waals surface area contributed by atoms with Crippen molar-refractivity contribution in [1.29, 1.82) is 0 Å². The highest BCUT2D eigenvalue weighted by Crippen LogP contribution is 2.32. The summed E-state index contributed by atoms with van der Waals surface area (Å²) in [6, 6.07) is 6.17. The van der Waals surface area contributed by atoms with E-state index in [1.54, 1.807) is 12.1 Å². The topological polar surface area (TPSA) is 98.0 Å². The lowest BCUT2D eigenvalue weighted by Crippen LogP contribution is -2.12. The van der Waals surface area contributed by atoms with E-state index in [9.17, 15) is 14.9 Å². The number of nitrogens with zero attached hydrogens (tertiary/aromatic N) is 3. The van der Waals surface area contributed by atoms with Crippen LogP contribution in [-0.4, -0.2) is 21.0 Å². The van der Waals surface area contributed by atoms with Crippen LogP contribution in [0, 0.1) is 16.0 Å². The lowest BCUT2D eigenvalue weighted by Gasteiger charge is -1.97. The number of anilines is 1. The summed E-state index contributed by atoms with van der Waals surface area (Å²) in [7, 11) is 0. The number of hydrogen-bond acceptors (Lipinski definition) is 6. The van der Waals surface area contributed by atoms with E-state index in [0.29, 0.717) is 15.7 Å². The first-order valence-corrected chi connectivity index (χ1v) is 6.84. The molecule has 7 nitrogen and oxygen atoms in total. The minimum absolute atomic E-state index is 0.00117. The van der Waals surface area contributed by atoms with Gasteiger partial charge in [-0.25, -0.2) is 0 Å². The second-order valence-corrected chi connectivity index (χ2v) is 5.46. The van der Waals surface area contributed by atoms with Crippen molar-refractivity contribution in [2.45, 2.75) is 12.8 Å². The van der Waals surface area contributed by atoms with Crippen molar-refractivity contribution in [1.82, 2.24) is 10.2 Å². The standard InChI is InChI=1S/C12H10N4O3S/c17-10(7-4-5-7)13-12-15-14-11(20-12)8-2-1-3-9(6-8)16(18)19/h1-3,6-7H,4-5H2,(H,13,15,17). The zero-order valence-corrected chi connectivity index (χ0v) is 11.1. The Bertz CT molecular complexity index is 681. The summed E-state index contributed by atoms with van der Waals surface area (Å²) in [4.78, 5) is 21.9. The maximum atomic E-state index is 11.6. The van der Waals surface area contributed by atoms with E-state index in [1.807, 2.05) is 0 Å². The highest BCUT2D eigenvalue weighted by molar-refractivity contribution is 7.18. The van der Waals surface area contributed by atoms with Crippen LogP contribution in [0.25, 0.3) is 10.6 Å². The number of aromatic nitrogens is 2. The molecule has 0 saturated heterocycles. The van der Waals surface area contributed by atoms with Gasteiger partial charge in [-0.2, -0.15) is 0 Å². The molecule has 0 radical (unpaired) electrons. The molecule has 1 heterocycles. The van der Waals surface area contributed by atoms with Crippen molar-refractivity contribution in [3.8, 4) is 10.6 Å². The third-order valence-corrected chi connectivity index (χ3v) is 3.79. The summed E-state index contributed by atoms with van der Waals surface area (Å²) >= 11 is 1.20. The lowest BCUT2D eigenvalue weighted by molar-refractivity contribution is -0.384. The highest BCUT2D eigenvalue weighted by Gasteiger charge is 2.30. The van der Waals surface area contributed by atoms with Crippen molar-refractivity contribution >= 4 is 28.1 Å². The molecule has 1 saturated carbocycles. The van der Waals surface area contributed by atoms with Crippen LogP contribution in [0.5, 0.6) is 0 Å². The first kappa shape index (κ1) is 12.7. The average molecular weight is 290 g/mol. The summed E-state index contributed by atoms with van der Waals surface area (Å²) in [6.07, 6.45) is 1.84. The summed E-state index contributed by atoms with van der Waals surface area (Å²) < 4.78 is 0. The number of hydrogen-bond donors (Lipinski definition) is 1. The van der Waals surface area contributed by atoms with Gasteiger partial charge in [-0.15, -0.1) is 10.2 Å². The van der Waals surface area contributed by atoms with Crippen LogP contribution in [0.2, 0.25) is 0 Å². The van der Waals surface area contributed by atoms with Gasteiger partial charge < -0.3 is 5.32 Å². The van der Waals surface area contributed by atoms with Gasteiger partial charge in [-0.1, -0.05) is 23.5 Å². The van der Waals surface area contributed by atoms with Crippen LogP contribution >= 0.6 is 11.3 Å². The normalized spacial score (nSPS) is 14.0. The summed E-state index contributed by atoms with van der Waals surface area (Å²) in [6.45, 7) is 0. The molecule has 0 atom stereocenters. The number of benzene rings is 1. The fourth-order valence-corrected chi connectivity index (χ4v) is 2.44. The van der Waals surface area contributed by atoms with Gasteiger partial charge in [0.25, 0.3) is 5.69 Å². The molecule has 0 spiro atoms. The van der Waals surface area contributed by atoms with Gasteiger partial charge in [-0.05, 0) is 12.8 Å². The van der Waals surface area contributed by atoms with Crippen LogP contribution in [0.1, 0.15) is 12.8 Å². The maximum absolute atomic E-state index is 11.6. The summed E-state index contributed by atoms with van der Waals surface area (Å²) in [5.74, 6) is 0.0619. The Morgan fingerprint density at radius 3 is 2.90 bits per heavy atom. The molecule has 2 aromatic rings. The van der Waals surface area contributed by atoms with E-state index >= 15 is 0 Å². The molecule has 1 aliphatic carbocycles. The van der Waals surface area contributed by atoms with Gasteiger partial charge >= 0.3 is 0 Å². The second-order valence-electron chi connectivity index (χ2n) is 4.48. The van der Waals surface area contributed by atoms with Gasteiger partial charge in [0.1, 0.15) is 5.01 Å². The second kappa shape index (κ2) is 4.97. The first-order valence-electron chi connectivity index (χ1n) is 6.02. The maximum Gasteiger partial charge on any atom is 0.270 e. The van der Waals surface area contributed by atoms with E-state index in [4.69, 9.17) is 0 Å². The largest absolute Gasteiger partial charge is 0.300 e. The van der Waals surface area contributed by atoms with Gasteiger partial charge in [0, 0.05) is 23.6 Å². The fraction of sp³-hybridized carbons (Fsp3) is 0.250. The zero-order valence-electron chi connectivity index (χ0n) is 10.3.